The van der Waals surface area contributed by atoms with Gasteiger partial charge in [0.1, 0.15) is 5.82 Å². The summed E-state index contributed by atoms with van der Waals surface area (Å²) in [6.07, 6.45) is 0. The molecule has 2 aromatic carbocycles. The van der Waals surface area contributed by atoms with Crippen molar-refractivity contribution in [2.24, 2.45) is 0 Å². The number of halogens is 3. The van der Waals surface area contributed by atoms with Crippen LogP contribution in [-0.4, -0.2) is 0 Å². The van der Waals surface area contributed by atoms with E-state index in [1.807, 2.05) is 18.2 Å². The second-order valence-electron chi connectivity index (χ2n) is 4.01. The zero-order valence-corrected chi connectivity index (χ0v) is 13.5. The van der Waals surface area contributed by atoms with Crippen LogP contribution in [0.4, 0.5) is 10.1 Å². The summed E-state index contributed by atoms with van der Waals surface area (Å²) in [5, 5.41) is 3.39. The normalized spacial score (nSPS) is 12.2. The molecule has 0 aliphatic heterocycles. The summed E-state index contributed by atoms with van der Waals surface area (Å²) in [6.45, 7) is 2.08. The molecule has 0 bridgehead atoms. The third-order valence-electron chi connectivity index (χ3n) is 2.67. The number of benzene rings is 2. The van der Waals surface area contributed by atoms with Gasteiger partial charge in [0.2, 0.25) is 0 Å². The molecule has 0 aromatic heterocycles. The molecule has 0 aliphatic rings. The van der Waals surface area contributed by atoms with Crippen molar-refractivity contribution in [2.45, 2.75) is 13.0 Å². The van der Waals surface area contributed by atoms with Gasteiger partial charge in [0.15, 0.2) is 0 Å². The number of hydrogen-bond acceptors (Lipinski definition) is 1. The maximum Gasteiger partial charge on any atom is 0.124 e. The molecule has 0 radical (unpaired) electrons. The fourth-order valence-electron chi connectivity index (χ4n) is 1.74. The molecule has 0 heterocycles. The molecule has 1 nitrogen and oxygen atoms in total. The maximum atomic E-state index is 13.0. The monoisotopic (exact) mass is 419 g/mol. The van der Waals surface area contributed by atoms with E-state index in [4.69, 9.17) is 0 Å². The highest BCUT2D eigenvalue weighted by molar-refractivity contribution is 14.1. The first-order valence-electron chi connectivity index (χ1n) is 5.54. The Morgan fingerprint density at radius 1 is 1.22 bits per heavy atom. The largest absolute Gasteiger partial charge is 0.378 e. The van der Waals surface area contributed by atoms with Gasteiger partial charge in [-0.15, -0.1) is 0 Å². The Morgan fingerprint density at radius 3 is 2.61 bits per heavy atom. The van der Waals surface area contributed by atoms with E-state index in [0.29, 0.717) is 0 Å². The van der Waals surface area contributed by atoms with Crippen LogP contribution in [-0.2, 0) is 0 Å². The van der Waals surface area contributed by atoms with E-state index < -0.39 is 0 Å². The fraction of sp³-hybridized carbons (Fsp3) is 0.143. The lowest BCUT2D eigenvalue weighted by Gasteiger charge is -2.18. The molecule has 0 aliphatic carbocycles. The van der Waals surface area contributed by atoms with E-state index in [0.717, 1.165) is 13.7 Å². The Hall–Kier alpha value is -0.620. The van der Waals surface area contributed by atoms with Gasteiger partial charge in [-0.25, -0.2) is 4.39 Å². The summed E-state index contributed by atoms with van der Waals surface area (Å²) < 4.78 is 15.0. The third kappa shape index (κ3) is 3.23. The Morgan fingerprint density at radius 2 is 1.94 bits per heavy atom. The molecule has 2 rings (SSSR count). The number of nitrogens with one attached hydrogen (secondary N) is 1. The van der Waals surface area contributed by atoms with Crippen molar-refractivity contribution in [3.8, 4) is 0 Å². The van der Waals surface area contributed by atoms with Crippen molar-refractivity contribution < 1.29 is 4.39 Å². The van der Waals surface area contributed by atoms with Crippen molar-refractivity contribution >= 4 is 44.2 Å². The molecule has 2 aromatic rings. The van der Waals surface area contributed by atoms with Crippen LogP contribution in [0.2, 0.25) is 0 Å². The summed E-state index contributed by atoms with van der Waals surface area (Å²) in [5.74, 6) is -0.210. The minimum absolute atomic E-state index is 0.152. The third-order valence-corrected chi connectivity index (χ3v) is 4.29. The van der Waals surface area contributed by atoms with Gasteiger partial charge < -0.3 is 5.32 Å². The fourth-order valence-corrected chi connectivity index (χ4v) is 3.00. The number of rotatable bonds is 3. The molecule has 0 fully saturated rings. The summed E-state index contributed by atoms with van der Waals surface area (Å²) in [4.78, 5) is 0. The van der Waals surface area contributed by atoms with Gasteiger partial charge in [0.25, 0.3) is 0 Å². The molecule has 94 valence electrons. The first-order chi connectivity index (χ1) is 8.58. The number of hydrogen-bond donors (Lipinski definition) is 1. The number of anilines is 1. The average Bonchev–Trinajstić information content (AvgIpc) is 2.33. The molecule has 18 heavy (non-hydrogen) atoms. The molecule has 0 amide bonds. The summed E-state index contributed by atoms with van der Waals surface area (Å²) in [7, 11) is 0. The van der Waals surface area contributed by atoms with Gasteiger partial charge in [-0.1, -0.05) is 34.1 Å². The predicted octanol–water partition coefficient (Wildman–Crippen LogP) is 5.37. The van der Waals surface area contributed by atoms with E-state index in [1.165, 1.54) is 17.7 Å². The molecule has 1 atom stereocenters. The van der Waals surface area contributed by atoms with Gasteiger partial charge in [0, 0.05) is 19.8 Å². The van der Waals surface area contributed by atoms with E-state index in [2.05, 4.69) is 56.8 Å². The first-order valence-corrected chi connectivity index (χ1v) is 7.41. The van der Waals surface area contributed by atoms with Crippen LogP contribution in [0.5, 0.6) is 0 Å². The molecule has 0 saturated heterocycles. The van der Waals surface area contributed by atoms with Gasteiger partial charge in [-0.2, -0.15) is 0 Å². The zero-order chi connectivity index (χ0) is 13.1. The lowest BCUT2D eigenvalue weighted by Crippen LogP contribution is -2.08. The molecule has 1 N–H and O–H groups in total. The zero-order valence-electron chi connectivity index (χ0n) is 9.75. The van der Waals surface area contributed by atoms with Gasteiger partial charge >= 0.3 is 0 Å². The van der Waals surface area contributed by atoms with E-state index in [1.54, 1.807) is 6.07 Å². The van der Waals surface area contributed by atoms with E-state index >= 15 is 0 Å². The molecule has 1 unspecified atom stereocenters. The Kier molecular flexibility index (Phi) is 4.61. The highest BCUT2D eigenvalue weighted by Crippen LogP contribution is 2.28. The Balaban J connectivity index is 2.21. The lowest BCUT2D eigenvalue weighted by atomic mass is 10.1. The topological polar surface area (TPSA) is 12.0 Å². The summed E-state index contributed by atoms with van der Waals surface area (Å²) in [6, 6.07) is 13.0. The summed E-state index contributed by atoms with van der Waals surface area (Å²) >= 11 is 5.67. The minimum Gasteiger partial charge on any atom is -0.378 e. The van der Waals surface area contributed by atoms with Crippen LogP contribution in [0.3, 0.4) is 0 Å². The van der Waals surface area contributed by atoms with Gasteiger partial charge in [-0.05, 0) is 59.3 Å². The Labute approximate surface area is 128 Å². The molecular weight excluding hydrogens is 408 g/mol. The van der Waals surface area contributed by atoms with Crippen LogP contribution in [0.25, 0.3) is 0 Å². The van der Waals surface area contributed by atoms with Crippen molar-refractivity contribution in [2.75, 3.05) is 5.32 Å². The van der Waals surface area contributed by atoms with Crippen molar-refractivity contribution in [3.63, 3.8) is 0 Å². The van der Waals surface area contributed by atoms with Crippen LogP contribution < -0.4 is 5.32 Å². The second-order valence-corrected chi connectivity index (χ2v) is 6.03. The standard InChI is InChI=1S/C14H12BrFIN/c1-9(11-4-2-3-5-12(11)15)18-14-7-6-10(16)8-13(14)17/h2-9,18H,1H3. The molecule has 0 saturated carbocycles. The minimum atomic E-state index is -0.210. The van der Waals surface area contributed by atoms with Gasteiger partial charge in [-0.3, -0.25) is 0 Å². The first kappa shape index (κ1) is 13.8. The average molecular weight is 420 g/mol. The van der Waals surface area contributed by atoms with Crippen LogP contribution in [0.15, 0.2) is 46.9 Å². The quantitative estimate of drug-likeness (QED) is 0.660. The molecule has 0 spiro atoms. The van der Waals surface area contributed by atoms with E-state index in [-0.39, 0.29) is 11.9 Å². The predicted molar refractivity (Wildman–Crippen MR) is 85.3 cm³/mol. The Bertz CT molecular complexity index is 559. The summed E-state index contributed by atoms with van der Waals surface area (Å²) in [5.41, 5.74) is 2.12. The SMILES string of the molecule is CC(Nc1ccc(F)cc1I)c1ccccc1Br. The van der Waals surface area contributed by atoms with Crippen molar-refractivity contribution in [1.82, 2.24) is 0 Å². The van der Waals surface area contributed by atoms with Crippen LogP contribution in [0, 0.1) is 9.39 Å². The maximum absolute atomic E-state index is 13.0. The molecule has 4 heteroatoms. The van der Waals surface area contributed by atoms with Crippen LogP contribution >= 0.6 is 38.5 Å². The van der Waals surface area contributed by atoms with E-state index in [9.17, 15) is 4.39 Å². The van der Waals surface area contributed by atoms with Crippen molar-refractivity contribution in [1.29, 1.82) is 0 Å². The van der Waals surface area contributed by atoms with Crippen molar-refractivity contribution in [3.05, 3.63) is 61.9 Å². The van der Waals surface area contributed by atoms with Crippen LogP contribution in [0.1, 0.15) is 18.5 Å². The highest BCUT2D eigenvalue weighted by Gasteiger charge is 2.10. The highest BCUT2D eigenvalue weighted by atomic mass is 127. The lowest BCUT2D eigenvalue weighted by molar-refractivity contribution is 0.627. The molecular formula is C14H12BrFIN. The second kappa shape index (κ2) is 6.02. The van der Waals surface area contributed by atoms with Gasteiger partial charge in [0.05, 0.1) is 0 Å². The smallest absolute Gasteiger partial charge is 0.124 e.